The van der Waals surface area contributed by atoms with Crippen molar-refractivity contribution in [1.82, 2.24) is 19.9 Å². The number of nitrogens with zero attached hydrogens (tertiary/aromatic N) is 6. The summed E-state index contributed by atoms with van der Waals surface area (Å²) in [6.07, 6.45) is 4.56. The Bertz CT molecular complexity index is 892. The average Bonchev–Trinajstić information content (AvgIpc) is 2.55. The van der Waals surface area contributed by atoms with Crippen molar-refractivity contribution in [2.24, 2.45) is 16.2 Å². The summed E-state index contributed by atoms with van der Waals surface area (Å²) in [6.45, 7) is 0. The van der Waals surface area contributed by atoms with Crippen LogP contribution in [0.5, 0.6) is 0 Å². The zero-order valence-corrected chi connectivity index (χ0v) is 11.9. The lowest BCUT2D eigenvalue weighted by atomic mass is 10.1. The third-order valence-corrected chi connectivity index (χ3v) is 3.21. The van der Waals surface area contributed by atoms with Crippen molar-refractivity contribution >= 4 is 28.5 Å². The van der Waals surface area contributed by atoms with Gasteiger partial charge in [-0.15, -0.1) is 0 Å². The molecule has 0 aliphatic carbocycles. The fourth-order valence-corrected chi connectivity index (χ4v) is 2.21. The maximum atomic E-state index is 6.24. The van der Waals surface area contributed by atoms with Crippen LogP contribution in [0.4, 0.5) is 0 Å². The van der Waals surface area contributed by atoms with E-state index in [2.05, 4.69) is 30.3 Å². The topological polar surface area (TPSA) is 128 Å². The molecular formula is C13H10ClN8+. The zero-order chi connectivity index (χ0) is 15.5. The Balaban J connectivity index is 2.11. The summed E-state index contributed by atoms with van der Waals surface area (Å²) in [5.74, 6) is 5.07. The lowest BCUT2D eigenvalue weighted by Crippen LogP contribution is -2.39. The quantitative estimate of drug-likeness (QED) is 0.235. The third-order valence-electron chi connectivity index (χ3n) is 2.92. The summed E-state index contributed by atoms with van der Waals surface area (Å²) in [4.78, 5) is 16.7. The normalized spacial score (nSPS) is 11.1. The number of benzene rings is 1. The van der Waals surface area contributed by atoms with E-state index in [0.717, 1.165) is 5.56 Å². The van der Waals surface area contributed by atoms with E-state index in [9.17, 15) is 0 Å². The molecule has 9 heteroatoms. The number of aromatic nitrogens is 4. The number of hydrogen-bond donors (Lipinski definition) is 2. The zero-order valence-electron chi connectivity index (χ0n) is 11.2. The van der Waals surface area contributed by atoms with Crippen LogP contribution in [0.25, 0.3) is 22.3 Å². The Labute approximate surface area is 129 Å². The molecule has 3 aromatic rings. The number of nitrogens with two attached hydrogens (primary N) is 2. The van der Waals surface area contributed by atoms with E-state index < -0.39 is 0 Å². The summed E-state index contributed by atoms with van der Waals surface area (Å²) < 4.78 is 0. The van der Waals surface area contributed by atoms with Gasteiger partial charge in [0.05, 0.1) is 21.3 Å². The third kappa shape index (κ3) is 2.59. The van der Waals surface area contributed by atoms with Gasteiger partial charge in [-0.25, -0.2) is 9.97 Å². The van der Waals surface area contributed by atoms with E-state index >= 15 is 0 Å². The Morgan fingerprint density at radius 3 is 2.73 bits per heavy atom. The van der Waals surface area contributed by atoms with Crippen LogP contribution in [0.3, 0.4) is 0 Å². The molecule has 8 nitrogen and oxygen atoms in total. The van der Waals surface area contributed by atoms with E-state index in [4.69, 9.17) is 22.9 Å². The van der Waals surface area contributed by atoms with E-state index in [-0.39, 0.29) is 5.84 Å². The molecule has 0 saturated heterocycles. The Hall–Kier alpha value is -3.00. The van der Waals surface area contributed by atoms with Crippen LogP contribution in [0, 0.1) is 0 Å². The molecule has 0 saturated carbocycles. The summed E-state index contributed by atoms with van der Waals surface area (Å²) in [6, 6.07) is 5.25. The van der Waals surface area contributed by atoms with E-state index in [0.29, 0.717) is 27.4 Å². The fourth-order valence-electron chi connectivity index (χ4n) is 1.95. The highest BCUT2D eigenvalue weighted by Crippen LogP contribution is 2.27. The number of rotatable bonds is 2. The SMILES string of the molecule is NN=NC(=[NH2+])c1cc(-c2cc(Cl)c3nccnc3c2)ncn1. The van der Waals surface area contributed by atoms with Gasteiger partial charge in [0.25, 0.3) is 0 Å². The molecule has 0 spiro atoms. The second-order valence-corrected chi connectivity index (χ2v) is 4.68. The van der Waals surface area contributed by atoms with Crippen molar-refractivity contribution in [2.45, 2.75) is 0 Å². The molecule has 2 aromatic heterocycles. The van der Waals surface area contributed by atoms with Crippen molar-refractivity contribution in [1.29, 1.82) is 0 Å². The van der Waals surface area contributed by atoms with Gasteiger partial charge in [0, 0.05) is 23.2 Å². The van der Waals surface area contributed by atoms with E-state index in [1.54, 1.807) is 24.5 Å². The number of fused-ring (bicyclic) bond motifs is 1. The molecule has 1 aromatic carbocycles. The first-order valence-electron chi connectivity index (χ1n) is 6.15. The molecule has 0 unspecified atom stereocenters. The van der Waals surface area contributed by atoms with Crippen molar-refractivity contribution in [3.8, 4) is 11.3 Å². The Morgan fingerprint density at radius 2 is 1.91 bits per heavy atom. The molecule has 0 fully saturated rings. The van der Waals surface area contributed by atoms with Gasteiger partial charge in [-0.3, -0.25) is 21.2 Å². The molecule has 0 bridgehead atoms. The summed E-state index contributed by atoms with van der Waals surface area (Å²) in [5.41, 5.74) is 3.09. The minimum absolute atomic E-state index is 0.0952. The monoisotopic (exact) mass is 313 g/mol. The smallest absolute Gasteiger partial charge is 0.284 e. The lowest BCUT2D eigenvalue weighted by molar-refractivity contribution is -0.114. The molecule has 2 heterocycles. The maximum Gasteiger partial charge on any atom is 0.369 e. The van der Waals surface area contributed by atoms with Gasteiger partial charge in [0.15, 0.2) is 5.69 Å². The second kappa shape index (κ2) is 5.78. The Kier molecular flexibility index (Phi) is 3.67. The molecule has 0 amide bonds. The van der Waals surface area contributed by atoms with Gasteiger partial charge in [-0.2, -0.15) is 0 Å². The highest BCUT2D eigenvalue weighted by molar-refractivity contribution is 6.35. The van der Waals surface area contributed by atoms with Gasteiger partial charge in [-0.05, 0) is 18.2 Å². The van der Waals surface area contributed by atoms with Crippen molar-refractivity contribution in [3.63, 3.8) is 0 Å². The Morgan fingerprint density at radius 1 is 1.09 bits per heavy atom. The van der Waals surface area contributed by atoms with Crippen molar-refractivity contribution < 1.29 is 5.41 Å². The standard InChI is InChI=1S/C13H9ClN8/c14-8-3-7(4-10-12(8)18-2-1-17-10)9-5-11(20-6-19-9)13(15)21-22-16/h1-6H,(H3,15,16,21)/p+1. The number of halogens is 1. The van der Waals surface area contributed by atoms with Crippen LogP contribution in [0.1, 0.15) is 5.69 Å². The molecule has 22 heavy (non-hydrogen) atoms. The molecule has 4 N–H and O–H groups in total. The molecule has 0 radical (unpaired) electrons. The predicted molar refractivity (Wildman–Crippen MR) is 80.7 cm³/mol. The van der Waals surface area contributed by atoms with Gasteiger partial charge in [0.1, 0.15) is 11.8 Å². The summed E-state index contributed by atoms with van der Waals surface area (Å²) in [7, 11) is 0. The minimum Gasteiger partial charge on any atom is -0.284 e. The van der Waals surface area contributed by atoms with Crippen LogP contribution >= 0.6 is 11.6 Å². The summed E-state index contributed by atoms with van der Waals surface area (Å²) >= 11 is 6.24. The summed E-state index contributed by atoms with van der Waals surface area (Å²) in [5, 5.41) is 12.9. The molecule has 0 aliphatic rings. The lowest BCUT2D eigenvalue weighted by Gasteiger charge is -2.04. The van der Waals surface area contributed by atoms with Gasteiger partial charge >= 0.3 is 5.84 Å². The number of hydrogen-bond acceptors (Lipinski definition) is 5. The van der Waals surface area contributed by atoms with Crippen LogP contribution in [0.2, 0.25) is 5.02 Å². The van der Waals surface area contributed by atoms with E-state index in [1.165, 1.54) is 6.33 Å². The van der Waals surface area contributed by atoms with Gasteiger partial charge < -0.3 is 0 Å². The molecular weight excluding hydrogens is 304 g/mol. The van der Waals surface area contributed by atoms with Crippen molar-refractivity contribution in [3.05, 3.63) is 47.6 Å². The van der Waals surface area contributed by atoms with Crippen LogP contribution in [-0.2, 0) is 0 Å². The molecule has 0 atom stereocenters. The first-order chi connectivity index (χ1) is 10.7. The largest absolute Gasteiger partial charge is 0.369 e. The van der Waals surface area contributed by atoms with Crippen LogP contribution < -0.4 is 11.3 Å². The van der Waals surface area contributed by atoms with Crippen molar-refractivity contribution in [2.75, 3.05) is 0 Å². The van der Waals surface area contributed by atoms with Crippen LogP contribution in [0.15, 0.2) is 47.3 Å². The molecule has 0 aliphatic heterocycles. The van der Waals surface area contributed by atoms with Gasteiger partial charge in [-0.1, -0.05) is 11.6 Å². The second-order valence-electron chi connectivity index (χ2n) is 4.27. The predicted octanol–water partition coefficient (Wildman–Crippen LogP) is 0.572. The first kappa shape index (κ1) is 14.0. The molecule has 108 valence electrons. The highest BCUT2D eigenvalue weighted by Gasteiger charge is 2.13. The maximum absolute atomic E-state index is 6.24. The van der Waals surface area contributed by atoms with E-state index in [1.807, 2.05) is 6.07 Å². The van der Waals surface area contributed by atoms with Gasteiger partial charge in [0.2, 0.25) is 0 Å². The highest BCUT2D eigenvalue weighted by atomic mass is 35.5. The van der Waals surface area contributed by atoms with Crippen LogP contribution in [-0.4, -0.2) is 25.8 Å². The average molecular weight is 314 g/mol. The first-order valence-corrected chi connectivity index (χ1v) is 6.53. The molecule has 3 rings (SSSR count). The number of amidine groups is 1. The fraction of sp³-hybridized carbons (Fsp3) is 0. The minimum atomic E-state index is 0.0952.